The molecule has 0 fully saturated rings. The van der Waals surface area contributed by atoms with Crippen molar-refractivity contribution in [3.05, 3.63) is 41.5 Å². The quantitative estimate of drug-likeness (QED) is 0.780. The second kappa shape index (κ2) is 9.67. The fourth-order valence-electron chi connectivity index (χ4n) is 3.90. The van der Waals surface area contributed by atoms with Gasteiger partial charge in [0.25, 0.3) is 0 Å². The first kappa shape index (κ1) is 21.0. The maximum Gasteiger partial charge on any atom is 0.244 e. The second-order valence-electron chi connectivity index (χ2n) is 7.75. The largest absolute Gasteiger partial charge is 0.337 e. The van der Waals surface area contributed by atoms with Gasteiger partial charge in [-0.05, 0) is 38.3 Å². The molecule has 0 saturated carbocycles. The molecule has 2 amide bonds. The highest BCUT2D eigenvalue weighted by atomic mass is 16.2. The maximum absolute atomic E-state index is 13.1. The number of anilines is 1. The van der Waals surface area contributed by atoms with Crippen LogP contribution in [-0.2, 0) is 22.7 Å². The highest BCUT2D eigenvalue weighted by Gasteiger charge is 2.21. The van der Waals surface area contributed by atoms with E-state index in [1.165, 1.54) is 0 Å². The predicted molar refractivity (Wildman–Crippen MR) is 112 cm³/mol. The topological polar surface area (TPSA) is 71.3 Å². The lowest BCUT2D eigenvalue weighted by Crippen LogP contribution is -2.36. The molecule has 0 N–H and O–H groups in total. The molecule has 3 rings (SSSR count). The van der Waals surface area contributed by atoms with Crippen molar-refractivity contribution >= 4 is 17.5 Å². The van der Waals surface area contributed by atoms with Gasteiger partial charge in [0.15, 0.2) is 0 Å². The van der Waals surface area contributed by atoms with Gasteiger partial charge in [0.1, 0.15) is 18.2 Å². The minimum absolute atomic E-state index is 0.0271. The summed E-state index contributed by atoms with van der Waals surface area (Å²) in [5.74, 6) is 1.49. The van der Waals surface area contributed by atoms with Crippen molar-refractivity contribution in [2.45, 2.75) is 66.0 Å². The molecule has 0 radical (unpaired) electrons. The van der Waals surface area contributed by atoms with Gasteiger partial charge in [-0.3, -0.25) is 9.59 Å². The average Bonchev–Trinajstić information content (AvgIpc) is 2.98. The van der Waals surface area contributed by atoms with Crippen LogP contribution in [0, 0.1) is 13.8 Å². The molecule has 1 aliphatic rings. The van der Waals surface area contributed by atoms with Crippen LogP contribution in [0.25, 0.3) is 0 Å². The van der Waals surface area contributed by atoms with E-state index in [-0.39, 0.29) is 18.4 Å². The van der Waals surface area contributed by atoms with Gasteiger partial charge in [-0.2, -0.15) is 5.10 Å². The Morgan fingerprint density at radius 1 is 1.00 bits per heavy atom. The number of amides is 2. The zero-order valence-electron chi connectivity index (χ0n) is 17.7. The minimum atomic E-state index is 0.0271. The van der Waals surface area contributed by atoms with Crippen LogP contribution in [-0.4, -0.2) is 44.6 Å². The summed E-state index contributed by atoms with van der Waals surface area (Å²) in [7, 11) is 0. The van der Waals surface area contributed by atoms with Crippen molar-refractivity contribution in [2.75, 3.05) is 18.0 Å². The van der Waals surface area contributed by atoms with Gasteiger partial charge < -0.3 is 9.80 Å². The third-order valence-corrected chi connectivity index (χ3v) is 5.43. The number of rotatable bonds is 2. The van der Waals surface area contributed by atoms with Crippen LogP contribution in [0.1, 0.15) is 56.2 Å². The molecule has 7 nitrogen and oxygen atoms in total. The number of carbonyl (C=O) groups excluding carboxylic acids is 2. The summed E-state index contributed by atoms with van der Waals surface area (Å²) in [6, 6.07) is 7.92. The third kappa shape index (κ3) is 5.43. The van der Waals surface area contributed by atoms with Crippen molar-refractivity contribution in [3.8, 4) is 0 Å². The van der Waals surface area contributed by atoms with Crippen LogP contribution in [0.5, 0.6) is 0 Å². The normalized spacial score (nSPS) is 16.0. The summed E-state index contributed by atoms with van der Waals surface area (Å²) in [4.78, 5) is 33.5. The number of para-hydroxylation sites is 1. The summed E-state index contributed by atoms with van der Waals surface area (Å²) in [5.41, 5.74) is 1.91. The molecule has 0 bridgehead atoms. The van der Waals surface area contributed by atoms with Crippen LogP contribution in [0.3, 0.4) is 0 Å². The molecule has 1 aromatic heterocycles. The molecule has 0 aliphatic carbocycles. The van der Waals surface area contributed by atoms with E-state index in [9.17, 15) is 9.59 Å². The molecule has 29 heavy (non-hydrogen) atoms. The van der Waals surface area contributed by atoms with Crippen molar-refractivity contribution in [3.63, 3.8) is 0 Å². The summed E-state index contributed by atoms with van der Waals surface area (Å²) in [5, 5.41) is 4.33. The molecule has 2 heterocycles. The van der Waals surface area contributed by atoms with E-state index in [1.54, 1.807) is 11.6 Å². The van der Waals surface area contributed by atoms with Crippen LogP contribution >= 0.6 is 0 Å². The molecular weight excluding hydrogens is 366 g/mol. The Labute approximate surface area is 172 Å². The van der Waals surface area contributed by atoms with Gasteiger partial charge in [-0.25, -0.2) is 9.67 Å². The lowest BCUT2D eigenvalue weighted by Gasteiger charge is -2.29. The van der Waals surface area contributed by atoms with Gasteiger partial charge >= 0.3 is 0 Å². The number of hydrogen-bond donors (Lipinski definition) is 0. The number of nitrogens with zero attached hydrogens (tertiary/aromatic N) is 5. The predicted octanol–water partition coefficient (Wildman–Crippen LogP) is 3.24. The van der Waals surface area contributed by atoms with Crippen molar-refractivity contribution in [1.82, 2.24) is 19.7 Å². The molecule has 0 spiro atoms. The first-order chi connectivity index (χ1) is 14.0. The number of carbonyl (C=O) groups is 2. The first-order valence-corrected chi connectivity index (χ1v) is 10.5. The Kier molecular flexibility index (Phi) is 7.01. The Morgan fingerprint density at radius 3 is 2.38 bits per heavy atom. The van der Waals surface area contributed by atoms with E-state index >= 15 is 0 Å². The Hall–Kier alpha value is -2.70. The van der Waals surface area contributed by atoms with E-state index in [4.69, 9.17) is 0 Å². The molecule has 2 aromatic rings. The van der Waals surface area contributed by atoms with E-state index in [2.05, 4.69) is 10.1 Å². The van der Waals surface area contributed by atoms with Crippen molar-refractivity contribution in [1.29, 1.82) is 0 Å². The van der Waals surface area contributed by atoms with Crippen LogP contribution in [0.15, 0.2) is 24.3 Å². The molecule has 0 atom stereocenters. The molecule has 1 aromatic carbocycles. The molecule has 0 unspecified atom stereocenters. The SMILES string of the molecule is CC(=O)N1CCCCCCCN(C(=O)Cn2nc(C)nc2C)Cc2ccccc21. The second-order valence-corrected chi connectivity index (χ2v) is 7.75. The van der Waals surface area contributed by atoms with Crippen molar-refractivity contribution < 1.29 is 9.59 Å². The highest BCUT2D eigenvalue weighted by molar-refractivity contribution is 5.92. The van der Waals surface area contributed by atoms with Gasteiger partial charge in [0.05, 0.1) is 0 Å². The summed E-state index contributed by atoms with van der Waals surface area (Å²) < 4.78 is 1.67. The Balaban J connectivity index is 1.87. The smallest absolute Gasteiger partial charge is 0.244 e. The van der Waals surface area contributed by atoms with Gasteiger partial charge in [0.2, 0.25) is 11.8 Å². The van der Waals surface area contributed by atoms with Crippen LogP contribution in [0.2, 0.25) is 0 Å². The van der Waals surface area contributed by atoms with E-state index in [0.717, 1.165) is 55.7 Å². The Morgan fingerprint density at radius 2 is 1.69 bits per heavy atom. The van der Waals surface area contributed by atoms with Crippen molar-refractivity contribution in [2.24, 2.45) is 0 Å². The zero-order valence-corrected chi connectivity index (χ0v) is 17.7. The van der Waals surface area contributed by atoms with E-state index < -0.39 is 0 Å². The van der Waals surface area contributed by atoms with Crippen LogP contribution in [0.4, 0.5) is 5.69 Å². The fourth-order valence-corrected chi connectivity index (χ4v) is 3.90. The summed E-state index contributed by atoms with van der Waals surface area (Å²) in [6.07, 6.45) is 5.29. The van der Waals surface area contributed by atoms with Gasteiger partial charge in [-0.1, -0.05) is 37.5 Å². The summed E-state index contributed by atoms with van der Waals surface area (Å²) in [6.45, 7) is 7.41. The number of hydrogen-bond acceptors (Lipinski definition) is 4. The monoisotopic (exact) mass is 397 g/mol. The standard InChI is InChI=1S/C22H31N5O2/c1-17-23-18(2)27(24-17)16-22(29)25-13-9-5-4-6-10-14-26(19(3)28)21-12-8-7-11-20(21)15-25/h7-8,11-12H,4-6,9-10,13-16H2,1-3H3. The number of aromatic nitrogens is 3. The zero-order chi connectivity index (χ0) is 20.8. The van der Waals surface area contributed by atoms with E-state index in [0.29, 0.717) is 18.9 Å². The van der Waals surface area contributed by atoms with Gasteiger partial charge in [-0.15, -0.1) is 0 Å². The van der Waals surface area contributed by atoms with Crippen LogP contribution < -0.4 is 4.90 Å². The van der Waals surface area contributed by atoms with Gasteiger partial charge in [0, 0.05) is 32.2 Å². The number of aryl methyl sites for hydroxylation is 2. The molecular formula is C22H31N5O2. The molecule has 0 saturated heterocycles. The maximum atomic E-state index is 13.1. The molecule has 1 aliphatic heterocycles. The summed E-state index contributed by atoms with van der Waals surface area (Å²) >= 11 is 0. The lowest BCUT2D eigenvalue weighted by molar-refractivity contribution is -0.132. The first-order valence-electron chi connectivity index (χ1n) is 10.5. The fraction of sp³-hybridized carbons (Fsp3) is 0.545. The number of fused-ring (bicyclic) bond motifs is 1. The third-order valence-electron chi connectivity index (χ3n) is 5.43. The average molecular weight is 398 g/mol. The van der Waals surface area contributed by atoms with E-state index in [1.807, 2.05) is 47.9 Å². The molecule has 156 valence electrons. The lowest BCUT2D eigenvalue weighted by atomic mass is 10.1. The minimum Gasteiger partial charge on any atom is -0.337 e. The highest BCUT2D eigenvalue weighted by Crippen LogP contribution is 2.24. The Bertz CT molecular complexity index is 861. The number of benzene rings is 1. The molecule has 7 heteroatoms.